The molecule has 1 aliphatic rings. The van der Waals surface area contributed by atoms with E-state index in [4.69, 9.17) is 0 Å². The molecular formula is C20H29FN2O2. The summed E-state index contributed by atoms with van der Waals surface area (Å²) in [5.41, 5.74) is 1.19. The summed E-state index contributed by atoms with van der Waals surface area (Å²) in [5.74, 6) is 0.0829. The van der Waals surface area contributed by atoms with Crippen LogP contribution in [0.25, 0.3) is 5.57 Å². The maximum atomic E-state index is 14.4. The summed E-state index contributed by atoms with van der Waals surface area (Å²) < 4.78 is 14.4. The Morgan fingerprint density at radius 1 is 1.40 bits per heavy atom. The molecule has 0 fully saturated rings. The molecule has 0 aromatic heterocycles. The highest BCUT2D eigenvalue weighted by atomic mass is 19.1. The van der Waals surface area contributed by atoms with Gasteiger partial charge in [-0.25, -0.2) is 4.39 Å². The molecule has 0 saturated heterocycles. The number of carbonyl (C=O) groups is 1. The van der Waals surface area contributed by atoms with Crippen LogP contribution in [0.4, 0.5) is 4.39 Å². The predicted molar refractivity (Wildman–Crippen MR) is 98.4 cm³/mol. The smallest absolute Gasteiger partial charge is 0.239 e. The van der Waals surface area contributed by atoms with E-state index in [-0.39, 0.29) is 18.3 Å². The largest absolute Gasteiger partial charge is 0.392 e. The van der Waals surface area contributed by atoms with Crippen molar-refractivity contribution in [1.82, 2.24) is 10.2 Å². The van der Waals surface area contributed by atoms with Gasteiger partial charge in [0, 0.05) is 30.8 Å². The third-order valence-electron chi connectivity index (χ3n) is 4.82. The molecule has 138 valence electrons. The Bertz CT molecular complexity index is 653. The van der Waals surface area contributed by atoms with Crippen molar-refractivity contribution in [3.8, 4) is 0 Å². The third-order valence-corrected chi connectivity index (χ3v) is 4.82. The molecule has 0 saturated carbocycles. The molecule has 0 bridgehead atoms. The van der Waals surface area contributed by atoms with E-state index in [1.54, 1.807) is 18.2 Å². The Morgan fingerprint density at radius 2 is 2.12 bits per heavy atom. The van der Waals surface area contributed by atoms with Gasteiger partial charge in [0.05, 0.1) is 12.1 Å². The van der Waals surface area contributed by atoms with Crippen molar-refractivity contribution >= 4 is 11.5 Å². The second kappa shape index (κ2) is 8.11. The van der Waals surface area contributed by atoms with Crippen molar-refractivity contribution in [3.05, 3.63) is 41.2 Å². The van der Waals surface area contributed by atoms with E-state index >= 15 is 0 Å². The fourth-order valence-corrected chi connectivity index (χ4v) is 3.03. The van der Waals surface area contributed by atoms with Crippen LogP contribution in [0.5, 0.6) is 0 Å². The molecule has 0 atom stereocenters. The highest BCUT2D eigenvalue weighted by Gasteiger charge is 2.35. The molecule has 4 nitrogen and oxygen atoms in total. The monoisotopic (exact) mass is 348 g/mol. The van der Waals surface area contributed by atoms with Crippen LogP contribution in [-0.4, -0.2) is 41.1 Å². The highest BCUT2D eigenvalue weighted by molar-refractivity contribution is 5.85. The fourth-order valence-electron chi connectivity index (χ4n) is 3.03. The number of halogens is 1. The van der Waals surface area contributed by atoms with Crippen LogP contribution in [-0.2, 0) is 11.4 Å². The fraction of sp³-hybridized carbons (Fsp3) is 0.550. The van der Waals surface area contributed by atoms with Gasteiger partial charge in [-0.15, -0.1) is 0 Å². The summed E-state index contributed by atoms with van der Waals surface area (Å²) in [7, 11) is 0. The maximum absolute atomic E-state index is 14.4. The van der Waals surface area contributed by atoms with Crippen molar-refractivity contribution in [2.75, 3.05) is 19.6 Å². The summed E-state index contributed by atoms with van der Waals surface area (Å²) >= 11 is 0. The normalized spacial score (nSPS) is 16.0. The van der Waals surface area contributed by atoms with Gasteiger partial charge in [-0.3, -0.25) is 9.69 Å². The Labute approximate surface area is 149 Å². The van der Waals surface area contributed by atoms with Gasteiger partial charge in [0.1, 0.15) is 5.82 Å². The van der Waals surface area contributed by atoms with E-state index in [1.807, 2.05) is 19.9 Å². The predicted octanol–water partition coefficient (Wildman–Crippen LogP) is 2.96. The van der Waals surface area contributed by atoms with E-state index in [2.05, 4.69) is 24.1 Å². The number of rotatable bonds is 6. The van der Waals surface area contributed by atoms with Gasteiger partial charge in [-0.05, 0) is 31.8 Å². The molecule has 1 aromatic carbocycles. The van der Waals surface area contributed by atoms with Gasteiger partial charge in [0.15, 0.2) is 0 Å². The molecule has 0 spiro atoms. The van der Waals surface area contributed by atoms with E-state index in [1.165, 1.54) is 0 Å². The lowest BCUT2D eigenvalue weighted by molar-refractivity contribution is -0.131. The number of hydrogen-bond acceptors (Lipinski definition) is 3. The molecule has 0 aliphatic carbocycles. The standard InChI is InChI=1S/C20H29FN2O2/c1-14(2)12-22-19(25)20(3,4)23-10-8-15(9-11-23)17-7-5-6-16(13-24)18(17)21/h5-8,14,24H,9-13H2,1-4H3,(H,22,25). The summed E-state index contributed by atoms with van der Waals surface area (Å²) in [6.07, 6.45) is 2.66. The lowest BCUT2D eigenvalue weighted by atomic mass is 9.93. The van der Waals surface area contributed by atoms with Gasteiger partial charge in [0.2, 0.25) is 5.91 Å². The van der Waals surface area contributed by atoms with Crippen LogP contribution >= 0.6 is 0 Å². The first kappa shape index (κ1) is 19.6. The first-order chi connectivity index (χ1) is 11.8. The first-order valence-corrected chi connectivity index (χ1v) is 8.88. The van der Waals surface area contributed by atoms with Crippen molar-refractivity contribution in [3.63, 3.8) is 0 Å². The average Bonchev–Trinajstić information content (AvgIpc) is 2.60. The molecule has 1 aliphatic heterocycles. The van der Waals surface area contributed by atoms with Crippen molar-refractivity contribution in [1.29, 1.82) is 0 Å². The first-order valence-electron chi connectivity index (χ1n) is 8.88. The Hall–Kier alpha value is -1.72. The third kappa shape index (κ3) is 4.47. The van der Waals surface area contributed by atoms with Crippen LogP contribution < -0.4 is 5.32 Å². The van der Waals surface area contributed by atoms with Crippen molar-refractivity contribution in [2.24, 2.45) is 5.92 Å². The molecule has 1 amide bonds. The van der Waals surface area contributed by atoms with Gasteiger partial charge in [0.25, 0.3) is 0 Å². The molecule has 2 rings (SSSR count). The number of nitrogens with one attached hydrogen (secondary N) is 1. The zero-order valence-corrected chi connectivity index (χ0v) is 15.6. The van der Waals surface area contributed by atoms with Crippen LogP contribution in [0.3, 0.4) is 0 Å². The van der Waals surface area contributed by atoms with Crippen LogP contribution in [0, 0.1) is 11.7 Å². The van der Waals surface area contributed by atoms with Crippen LogP contribution in [0.2, 0.25) is 0 Å². The molecule has 2 N–H and O–H groups in total. The Kier molecular flexibility index (Phi) is 6.36. The number of aliphatic hydroxyl groups is 1. The molecule has 5 heteroatoms. The van der Waals surface area contributed by atoms with Crippen molar-refractivity contribution < 1.29 is 14.3 Å². The minimum absolute atomic E-state index is 0.0199. The quantitative estimate of drug-likeness (QED) is 0.831. The summed E-state index contributed by atoms with van der Waals surface area (Å²) in [5, 5.41) is 12.2. The van der Waals surface area contributed by atoms with Gasteiger partial charge in [-0.2, -0.15) is 0 Å². The van der Waals surface area contributed by atoms with E-state index in [0.29, 0.717) is 43.1 Å². The van der Waals surface area contributed by atoms with E-state index in [9.17, 15) is 14.3 Å². The molecule has 0 unspecified atom stereocenters. The second-order valence-electron chi connectivity index (χ2n) is 7.53. The lowest BCUT2D eigenvalue weighted by Crippen LogP contribution is -2.56. The number of nitrogens with zero attached hydrogens (tertiary/aromatic N) is 1. The average molecular weight is 348 g/mol. The SMILES string of the molecule is CC(C)CNC(=O)C(C)(C)N1CC=C(c2cccc(CO)c2F)CC1. The second-order valence-corrected chi connectivity index (χ2v) is 7.53. The topological polar surface area (TPSA) is 52.6 Å². The molecule has 0 radical (unpaired) electrons. The molecule has 25 heavy (non-hydrogen) atoms. The van der Waals surface area contributed by atoms with Crippen LogP contribution in [0.1, 0.15) is 45.2 Å². The minimum Gasteiger partial charge on any atom is -0.392 e. The van der Waals surface area contributed by atoms with Gasteiger partial charge < -0.3 is 10.4 Å². The number of carbonyl (C=O) groups excluding carboxylic acids is 1. The Balaban J connectivity index is 2.10. The zero-order chi connectivity index (χ0) is 18.6. The van der Waals surface area contributed by atoms with Crippen LogP contribution in [0.15, 0.2) is 24.3 Å². The number of aliphatic hydroxyl groups excluding tert-OH is 1. The van der Waals surface area contributed by atoms with E-state index < -0.39 is 5.54 Å². The van der Waals surface area contributed by atoms with Crippen molar-refractivity contribution in [2.45, 2.75) is 46.3 Å². The lowest BCUT2D eigenvalue weighted by Gasteiger charge is -2.39. The van der Waals surface area contributed by atoms with Gasteiger partial charge >= 0.3 is 0 Å². The molecule has 1 aromatic rings. The summed E-state index contributed by atoms with van der Waals surface area (Å²) in [6.45, 7) is 9.63. The number of benzene rings is 1. The summed E-state index contributed by atoms with van der Waals surface area (Å²) in [4.78, 5) is 14.6. The zero-order valence-electron chi connectivity index (χ0n) is 15.6. The summed E-state index contributed by atoms with van der Waals surface area (Å²) in [6, 6.07) is 5.10. The molecular weight excluding hydrogens is 319 g/mol. The van der Waals surface area contributed by atoms with E-state index in [0.717, 1.165) is 5.57 Å². The highest BCUT2D eigenvalue weighted by Crippen LogP contribution is 2.29. The number of hydrogen-bond donors (Lipinski definition) is 2. The Morgan fingerprint density at radius 3 is 2.68 bits per heavy atom. The van der Waals surface area contributed by atoms with Gasteiger partial charge in [-0.1, -0.05) is 38.1 Å². The minimum atomic E-state index is -0.609. The maximum Gasteiger partial charge on any atom is 0.239 e. The molecule has 1 heterocycles. The number of amides is 1.